The highest BCUT2D eigenvalue weighted by atomic mass is 32.1. The maximum Gasteiger partial charge on any atom is 0.416 e. The Morgan fingerprint density at radius 2 is 1.94 bits per heavy atom. The van der Waals surface area contributed by atoms with Crippen molar-refractivity contribution in [1.82, 2.24) is 4.98 Å². The van der Waals surface area contributed by atoms with Gasteiger partial charge >= 0.3 is 12.1 Å². The number of aliphatic carboxylic acids is 1. The van der Waals surface area contributed by atoms with E-state index in [-0.39, 0.29) is 0 Å². The molecule has 0 aliphatic heterocycles. The van der Waals surface area contributed by atoms with Crippen LogP contribution in [0, 0.1) is 6.92 Å². The van der Waals surface area contributed by atoms with Gasteiger partial charge in [-0.15, -0.1) is 11.3 Å². The number of aryl methyl sites for hydroxylation is 3. The molecule has 0 amide bonds. The lowest BCUT2D eigenvalue weighted by atomic mass is 9.73. The molecule has 1 aliphatic rings. The van der Waals surface area contributed by atoms with Crippen molar-refractivity contribution in [1.29, 1.82) is 0 Å². The second kappa shape index (κ2) is 8.18. The molecule has 0 spiro atoms. The molecule has 3 aromatic rings. The SMILES string of the molecule is CCCC(C)(C(=O)O)c1c(C)nc2sc3c(c2c1-c1cccc(C(F)(F)F)c1)CCCC3. The van der Waals surface area contributed by atoms with Crippen LogP contribution in [0.1, 0.15) is 66.8 Å². The summed E-state index contributed by atoms with van der Waals surface area (Å²) in [6.45, 7) is 5.37. The fraction of sp³-hybridized carbons (Fsp3) is 0.440. The Labute approximate surface area is 189 Å². The number of carboxylic acids is 1. The van der Waals surface area contributed by atoms with E-state index in [1.165, 1.54) is 10.9 Å². The number of halogens is 3. The van der Waals surface area contributed by atoms with Crippen LogP contribution < -0.4 is 0 Å². The topological polar surface area (TPSA) is 50.2 Å². The maximum absolute atomic E-state index is 13.6. The van der Waals surface area contributed by atoms with Gasteiger partial charge in [-0.25, -0.2) is 4.98 Å². The van der Waals surface area contributed by atoms with Crippen LogP contribution in [0.5, 0.6) is 0 Å². The van der Waals surface area contributed by atoms with Crippen LogP contribution in [0.25, 0.3) is 21.3 Å². The monoisotopic (exact) mass is 461 g/mol. The molecule has 0 bridgehead atoms. The Hall–Kier alpha value is -2.41. The van der Waals surface area contributed by atoms with E-state index >= 15 is 0 Å². The van der Waals surface area contributed by atoms with Crippen LogP contribution in [-0.4, -0.2) is 16.1 Å². The predicted molar refractivity (Wildman–Crippen MR) is 121 cm³/mol. The first kappa shape index (κ1) is 22.8. The van der Waals surface area contributed by atoms with E-state index in [1.807, 2.05) is 6.92 Å². The predicted octanol–water partition coefficient (Wildman–Crippen LogP) is 7.31. The standard InChI is InChI=1S/C25H26F3NO2S/c1-4-12-24(3,23(30)31)21-14(2)29-22-20(17-10-5-6-11-18(17)32-22)19(21)15-8-7-9-16(13-15)25(26,27)28/h7-9,13H,4-6,10-12H2,1-3H3,(H,30,31). The molecule has 1 aliphatic carbocycles. The van der Waals surface area contributed by atoms with Crippen molar-refractivity contribution in [3.8, 4) is 11.1 Å². The fourth-order valence-corrected chi connectivity index (χ4v) is 6.37. The molecule has 3 nitrogen and oxygen atoms in total. The van der Waals surface area contributed by atoms with Crippen LogP contribution in [0.4, 0.5) is 13.2 Å². The third-order valence-electron chi connectivity index (χ3n) is 6.54. The molecule has 2 heterocycles. The Bertz CT molecular complexity index is 1200. The molecular weight excluding hydrogens is 435 g/mol. The lowest BCUT2D eigenvalue weighted by molar-refractivity contribution is -0.143. The van der Waals surface area contributed by atoms with Crippen molar-refractivity contribution >= 4 is 27.5 Å². The van der Waals surface area contributed by atoms with Gasteiger partial charge in [0.15, 0.2) is 0 Å². The molecule has 7 heteroatoms. The molecule has 1 N–H and O–H groups in total. The average Bonchev–Trinajstić information content (AvgIpc) is 3.10. The highest BCUT2D eigenvalue weighted by Crippen LogP contribution is 2.48. The van der Waals surface area contributed by atoms with Crippen LogP contribution in [0.2, 0.25) is 0 Å². The van der Waals surface area contributed by atoms with E-state index in [4.69, 9.17) is 4.98 Å². The summed E-state index contributed by atoms with van der Waals surface area (Å²) in [7, 11) is 0. The summed E-state index contributed by atoms with van der Waals surface area (Å²) in [5, 5.41) is 11.1. The number of thiophene rings is 1. The Kier molecular flexibility index (Phi) is 5.82. The number of alkyl halides is 3. The van der Waals surface area contributed by atoms with Crippen LogP contribution >= 0.6 is 11.3 Å². The van der Waals surface area contributed by atoms with Gasteiger partial charge in [-0.1, -0.05) is 25.5 Å². The number of nitrogens with zero attached hydrogens (tertiary/aromatic N) is 1. The van der Waals surface area contributed by atoms with Crippen molar-refractivity contribution < 1.29 is 23.1 Å². The molecule has 2 aromatic heterocycles. The summed E-state index contributed by atoms with van der Waals surface area (Å²) in [5.41, 5.74) is 1.25. The number of benzene rings is 1. The number of carboxylic acid groups (broad SMARTS) is 1. The Morgan fingerprint density at radius 3 is 2.59 bits per heavy atom. The molecule has 32 heavy (non-hydrogen) atoms. The maximum atomic E-state index is 13.6. The number of hydrogen-bond acceptors (Lipinski definition) is 3. The molecular formula is C25H26F3NO2S. The van der Waals surface area contributed by atoms with E-state index in [1.54, 1.807) is 31.3 Å². The van der Waals surface area contributed by atoms with Crippen molar-refractivity contribution in [2.24, 2.45) is 0 Å². The van der Waals surface area contributed by atoms with E-state index < -0.39 is 23.1 Å². The van der Waals surface area contributed by atoms with Crippen molar-refractivity contribution in [3.05, 3.63) is 51.5 Å². The first-order valence-corrected chi connectivity index (χ1v) is 11.8. The summed E-state index contributed by atoms with van der Waals surface area (Å²) < 4.78 is 40.7. The third kappa shape index (κ3) is 3.70. The zero-order valence-electron chi connectivity index (χ0n) is 18.4. The minimum Gasteiger partial charge on any atom is -0.481 e. The largest absolute Gasteiger partial charge is 0.481 e. The normalized spacial score (nSPS) is 16.1. The second-order valence-electron chi connectivity index (χ2n) is 8.80. The Morgan fingerprint density at radius 1 is 1.22 bits per heavy atom. The molecule has 0 saturated carbocycles. The highest BCUT2D eigenvalue weighted by molar-refractivity contribution is 7.19. The van der Waals surface area contributed by atoms with Crippen molar-refractivity contribution in [2.75, 3.05) is 0 Å². The van der Waals surface area contributed by atoms with Gasteiger partial charge in [0.2, 0.25) is 0 Å². The van der Waals surface area contributed by atoms with Crippen molar-refractivity contribution in [2.45, 2.75) is 70.9 Å². The summed E-state index contributed by atoms with van der Waals surface area (Å²) in [5.74, 6) is -0.985. The summed E-state index contributed by atoms with van der Waals surface area (Å²) in [4.78, 5) is 19.3. The van der Waals surface area contributed by atoms with Crippen LogP contribution in [0.15, 0.2) is 24.3 Å². The summed E-state index contributed by atoms with van der Waals surface area (Å²) in [6, 6.07) is 5.27. The Balaban J connectivity index is 2.15. The number of fused-ring (bicyclic) bond motifs is 3. The number of rotatable bonds is 5. The van der Waals surface area contributed by atoms with Gasteiger partial charge in [-0.05, 0) is 80.3 Å². The summed E-state index contributed by atoms with van der Waals surface area (Å²) in [6.07, 6.45) is 0.368. The van der Waals surface area contributed by atoms with Gasteiger partial charge < -0.3 is 5.11 Å². The van der Waals surface area contributed by atoms with Gasteiger partial charge in [-0.3, -0.25) is 4.79 Å². The minimum atomic E-state index is -4.48. The van der Waals surface area contributed by atoms with Gasteiger partial charge in [0, 0.05) is 16.0 Å². The number of carbonyl (C=O) groups is 1. The molecule has 1 atom stereocenters. The fourth-order valence-electron chi connectivity index (χ4n) is 5.06. The second-order valence-corrected chi connectivity index (χ2v) is 9.89. The smallest absolute Gasteiger partial charge is 0.416 e. The highest BCUT2D eigenvalue weighted by Gasteiger charge is 2.40. The average molecular weight is 462 g/mol. The molecule has 0 saturated heterocycles. The minimum absolute atomic E-state index is 0.370. The molecule has 4 rings (SSSR count). The van der Waals surface area contributed by atoms with Gasteiger partial charge in [0.25, 0.3) is 0 Å². The summed E-state index contributed by atoms with van der Waals surface area (Å²) >= 11 is 1.59. The molecule has 0 radical (unpaired) electrons. The van der Waals surface area contributed by atoms with E-state index in [9.17, 15) is 23.1 Å². The van der Waals surface area contributed by atoms with Crippen molar-refractivity contribution in [3.63, 3.8) is 0 Å². The molecule has 0 fully saturated rings. The number of hydrogen-bond donors (Lipinski definition) is 1. The first-order chi connectivity index (χ1) is 15.1. The van der Waals surface area contributed by atoms with E-state index in [0.717, 1.165) is 53.6 Å². The molecule has 170 valence electrons. The lowest BCUT2D eigenvalue weighted by Gasteiger charge is -2.30. The van der Waals surface area contributed by atoms with Gasteiger partial charge in [0.1, 0.15) is 4.83 Å². The number of aromatic nitrogens is 1. The van der Waals surface area contributed by atoms with Crippen LogP contribution in [-0.2, 0) is 29.2 Å². The number of pyridine rings is 1. The van der Waals surface area contributed by atoms with E-state index in [2.05, 4.69) is 0 Å². The van der Waals surface area contributed by atoms with Gasteiger partial charge in [-0.2, -0.15) is 13.2 Å². The lowest BCUT2D eigenvalue weighted by Crippen LogP contribution is -2.34. The quantitative estimate of drug-likeness (QED) is 0.433. The van der Waals surface area contributed by atoms with E-state index in [0.29, 0.717) is 35.2 Å². The molecule has 1 aromatic carbocycles. The third-order valence-corrected chi connectivity index (χ3v) is 7.72. The van der Waals surface area contributed by atoms with Crippen LogP contribution in [0.3, 0.4) is 0 Å². The first-order valence-electron chi connectivity index (χ1n) is 10.9. The molecule has 1 unspecified atom stereocenters. The zero-order valence-corrected chi connectivity index (χ0v) is 19.2. The van der Waals surface area contributed by atoms with Gasteiger partial charge in [0.05, 0.1) is 11.0 Å². The zero-order chi connectivity index (χ0) is 23.3.